The quantitative estimate of drug-likeness (QED) is 0.0738. The third-order valence-electron chi connectivity index (χ3n) is 16.1. The molecule has 8 fully saturated rings. The van der Waals surface area contributed by atoms with Gasteiger partial charge in [-0.25, -0.2) is 0 Å². The van der Waals surface area contributed by atoms with Gasteiger partial charge in [0.2, 0.25) is 0 Å². The lowest BCUT2D eigenvalue weighted by Crippen LogP contribution is -2.56. The first kappa shape index (κ1) is 45.6. The van der Waals surface area contributed by atoms with Crippen LogP contribution in [0, 0.1) is 34.5 Å². The van der Waals surface area contributed by atoms with Crippen LogP contribution < -0.4 is 4.74 Å². The second kappa shape index (κ2) is 16.0. The van der Waals surface area contributed by atoms with Gasteiger partial charge in [-0.15, -0.1) is 0 Å². The number of ether oxygens (including phenoxy) is 3. The van der Waals surface area contributed by atoms with E-state index in [1.165, 1.54) is 18.4 Å². The molecule has 3 N–H and O–H groups in total. The topological polar surface area (TPSA) is 123 Å². The number of hydrogen-bond acceptors (Lipinski definition) is 7. The van der Waals surface area contributed by atoms with E-state index in [0.29, 0.717) is 36.9 Å². The SMILES string of the molecule is CC(Oc1ccc([S+](c2ccc(C(C)(C)C)cc2)c2ccc(C(C)(OCCC34CC5CC(CC(O)(C5)C3)C4)OCCC34CC5CC(CC(O)(C5)C3)C4)cc2)cc1)C(F)(F)S(=O)(=O)O. The van der Waals surface area contributed by atoms with Crippen LogP contribution >= 0.6 is 0 Å². The molecule has 0 heterocycles. The van der Waals surface area contributed by atoms with E-state index in [9.17, 15) is 27.4 Å². The molecule has 3 aromatic carbocycles. The number of benzene rings is 3. The summed E-state index contributed by atoms with van der Waals surface area (Å²) < 4.78 is 79.8. The van der Waals surface area contributed by atoms with Crippen LogP contribution in [0.5, 0.6) is 5.75 Å². The molecule has 6 atom stereocenters. The first-order valence-electron chi connectivity index (χ1n) is 23.3. The average Bonchev–Trinajstić information content (AvgIpc) is 3.16. The molecule has 0 saturated heterocycles. The zero-order valence-electron chi connectivity index (χ0n) is 37.6. The minimum Gasteiger partial charge on any atom is -0.483 e. The average molecular weight is 910 g/mol. The Morgan fingerprint density at radius 1 is 0.651 bits per heavy atom. The summed E-state index contributed by atoms with van der Waals surface area (Å²) in [5.41, 5.74) is 1.19. The van der Waals surface area contributed by atoms with E-state index in [0.717, 1.165) is 104 Å². The second-order valence-corrected chi connectivity index (χ2v) is 25.9. The molecule has 344 valence electrons. The van der Waals surface area contributed by atoms with Crippen molar-refractivity contribution >= 4 is 21.0 Å². The highest BCUT2D eigenvalue weighted by molar-refractivity contribution is 7.97. The largest absolute Gasteiger partial charge is 0.483 e. The minimum atomic E-state index is -5.67. The summed E-state index contributed by atoms with van der Waals surface area (Å²) in [4.78, 5) is 2.98. The summed E-state index contributed by atoms with van der Waals surface area (Å²) in [6.07, 6.45) is 12.3. The summed E-state index contributed by atoms with van der Waals surface area (Å²) in [6, 6.07) is 23.7. The van der Waals surface area contributed by atoms with E-state index in [2.05, 4.69) is 69.3 Å². The zero-order chi connectivity index (χ0) is 44.8. The van der Waals surface area contributed by atoms with E-state index in [-0.39, 0.29) is 22.0 Å². The molecule has 0 aromatic heterocycles. The molecule has 8 bridgehead atoms. The van der Waals surface area contributed by atoms with Gasteiger partial charge < -0.3 is 24.4 Å². The summed E-state index contributed by atoms with van der Waals surface area (Å²) in [5.74, 6) is 1.41. The van der Waals surface area contributed by atoms with Crippen molar-refractivity contribution < 1.29 is 46.2 Å². The van der Waals surface area contributed by atoms with Gasteiger partial charge in [0.15, 0.2) is 26.6 Å². The highest BCUT2D eigenvalue weighted by Gasteiger charge is 2.58. The number of aliphatic hydroxyl groups is 2. The Balaban J connectivity index is 0.982. The van der Waals surface area contributed by atoms with Crippen LogP contribution in [-0.2, 0) is 41.7 Å². The van der Waals surface area contributed by atoms with Crippen molar-refractivity contribution in [3.8, 4) is 5.75 Å². The molecule has 0 radical (unpaired) electrons. The summed E-state index contributed by atoms with van der Waals surface area (Å²) >= 11 is 0. The third-order valence-corrected chi connectivity index (χ3v) is 19.3. The van der Waals surface area contributed by atoms with Crippen molar-refractivity contribution in [3.63, 3.8) is 0 Å². The maximum absolute atomic E-state index is 14.4. The fourth-order valence-electron chi connectivity index (χ4n) is 14.1. The van der Waals surface area contributed by atoms with Crippen molar-refractivity contribution in [2.75, 3.05) is 13.2 Å². The molecule has 8 nitrogen and oxygen atoms in total. The molecular weight excluding hydrogens is 843 g/mol. The van der Waals surface area contributed by atoms with Crippen molar-refractivity contribution in [1.82, 2.24) is 0 Å². The monoisotopic (exact) mass is 909 g/mol. The molecule has 6 unspecified atom stereocenters. The highest BCUT2D eigenvalue weighted by Crippen LogP contribution is 2.64. The first-order chi connectivity index (χ1) is 29.5. The number of rotatable bonds is 16. The fourth-order valence-corrected chi connectivity index (χ4v) is 16.6. The van der Waals surface area contributed by atoms with E-state index in [1.54, 1.807) is 24.3 Å². The van der Waals surface area contributed by atoms with Crippen molar-refractivity contribution in [2.24, 2.45) is 34.5 Å². The van der Waals surface area contributed by atoms with Gasteiger partial charge in [0, 0.05) is 5.56 Å². The van der Waals surface area contributed by atoms with Gasteiger partial charge in [0.25, 0.3) is 0 Å². The predicted octanol–water partition coefficient (Wildman–Crippen LogP) is 11.0. The van der Waals surface area contributed by atoms with Gasteiger partial charge in [0.1, 0.15) is 5.75 Å². The third kappa shape index (κ3) is 9.14. The lowest BCUT2D eigenvalue weighted by Gasteiger charge is -2.60. The van der Waals surface area contributed by atoms with Crippen molar-refractivity contribution in [2.45, 2.75) is 173 Å². The summed E-state index contributed by atoms with van der Waals surface area (Å²) in [7, 11) is -6.31. The lowest BCUT2D eigenvalue weighted by atomic mass is 9.47. The smallest absolute Gasteiger partial charge is 0.405 e. The maximum atomic E-state index is 14.4. The molecule has 8 aliphatic carbocycles. The predicted molar refractivity (Wildman–Crippen MR) is 239 cm³/mol. The molecule has 0 spiro atoms. The Labute approximate surface area is 376 Å². The van der Waals surface area contributed by atoms with Crippen LogP contribution in [0.1, 0.15) is 136 Å². The van der Waals surface area contributed by atoms with Gasteiger partial charge in [0.05, 0.1) is 35.3 Å². The lowest BCUT2D eigenvalue weighted by molar-refractivity contribution is -0.250. The van der Waals surface area contributed by atoms with Crippen LogP contribution in [-0.4, -0.2) is 59.0 Å². The first-order valence-corrected chi connectivity index (χ1v) is 25.9. The van der Waals surface area contributed by atoms with Gasteiger partial charge in [-0.2, -0.15) is 17.2 Å². The number of hydrogen-bond donors (Lipinski definition) is 3. The van der Waals surface area contributed by atoms with Gasteiger partial charge >= 0.3 is 15.4 Å². The summed E-state index contributed by atoms with van der Waals surface area (Å²) in [5, 5.41) is 18.5. The Morgan fingerprint density at radius 3 is 1.40 bits per heavy atom. The van der Waals surface area contributed by atoms with E-state index >= 15 is 0 Å². The molecule has 0 amide bonds. The molecule has 63 heavy (non-hydrogen) atoms. The Kier molecular flexibility index (Phi) is 11.6. The van der Waals surface area contributed by atoms with Crippen LogP contribution in [0.2, 0.25) is 0 Å². The van der Waals surface area contributed by atoms with E-state index < -0.39 is 49.4 Å². The Bertz CT molecular complexity index is 2160. The number of halogens is 2. The van der Waals surface area contributed by atoms with E-state index in [1.807, 2.05) is 6.92 Å². The molecule has 11 rings (SSSR count). The maximum Gasteiger partial charge on any atom is 0.405 e. The Morgan fingerprint density at radius 2 is 1.03 bits per heavy atom. The highest BCUT2D eigenvalue weighted by atomic mass is 32.2. The molecule has 12 heteroatoms. The molecule has 0 aliphatic heterocycles. The van der Waals surface area contributed by atoms with E-state index in [4.69, 9.17) is 18.8 Å². The fraction of sp³-hybridized carbons (Fsp3) is 0.647. The normalized spacial score (nSPS) is 34.2. The molecule has 8 saturated carbocycles. The molecule has 8 aliphatic rings. The van der Waals surface area contributed by atoms with Gasteiger partial charge in [-0.05, 0) is 210 Å². The van der Waals surface area contributed by atoms with Crippen molar-refractivity contribution in [1.29, 1.82) is 0 Å². The van der Waals surface area contributed by atoms with Crippen molar-refractivity contribution in [3.05, 3.63) is 83.9 Å². The standard InChI is InChI=1S/C51H66F2O8S2/c1-34(51(52,53)63(56,57)58)61-41-10-16-44(17-11-41)62(42-12-6-39(7-13-42)45(2,3)4)43-14-8-40(9-15-43)46(5,59-20-18-47-24-35-22-36(25-47)29-49(54,28-35)32-47)60-21-19-48-26-37-23-38(27-48)31-50(55,30-37)33-48/h6-17,34-38,54-55H,18-33H2,1-5H3/p+1. The summed E-state index contributed by atoms with van der Waals surface area (Å²) in [6.45, 7) is 10.5. The molecular formula is C51H67F2O8S2+. The second-order valence-electron chi connectivity index (χ2n) is 22.4. The zero-order valence-corrected chi connectivity index (χ0v) is 39.2. The van der Waals surface area contributed by atoms with Crippen LogP contribution in [0.25, 0.3) is 0 Å². The number of alkyl halides is 2. The van der Waals surface area contributed by atoms with Gasteiger partial charge in [-0.3, -0.25) is 4.55 Å². The van der Waals surface area contributed by atoms with Gasteiger partial charge in [-0.1, -0.05) is 32.9 Å². The van der Waals surface area contributed by atoms with Crippen LogP contribution in [0.4, 0.5) is 8.78 Å². The minimum absolute atomic E-state index is 0.0482. The van der Waals surface area contributed by atoms with Crippen LogP contribution in [0.3, 0.4) is 0 Å². The van der Waals surface area contributed by atoms with Crippen LogP contribution in [0.15, 0.2) is 87.5 Å². The molecule has 3 aromatic rings. The Hall–Kier alpha value is -2.58.